The van der Waals surface area contributed by atoms with Gasteiger partial charge in [-0.1, -0.05) is 59.8 Å². The quantitative estimate of drug-likeness (QED) is 0.131. The molecule has 1 heterocycles. The first-order chi connectivity index (χ1) is 21.9. The molecule has 4 amide bonds. The summed E-state index contributed by atoms with van der Waals surface area (Å²) in [6.07, 6.45) is 7.33. The SMILES string of the molecule is CCCCNC(=O)[C@@H](NC(=O)[C@H](C)C[C@H](O)[C@H](CC1CCCC1)NC(=O)[C@H](CCSC)NC(=O)OCn1nc(C)cc1C)C(C)C. The summed E-state index contributed by atoms with van der Waals surface area (Å²) in [4.78, 5) is 52.2. The molecule has 13 heteroatoms. The second-order valence-electron chi connectivity index (χ2n) is 13.0. The molecule has 262 valence electrons. The van der Waals surface area contributed by atoms with E-state index in [-0.39, 0.29) is 30.9 Å². The third-order valence-electron chi connectivity index (χ3n) is 8.61. The lowest BCUT2D eigenvalue weighted by atomic mass is 9.90. The number of hydrogen-bond donors (Lipinski definition) is 5. The Morgan fingerprint density at radius 3 is 2.35 bits per heavy atom. The molecule has 0 saturated heterocycles. The first-order valence-electron chi connectivity index (χ1n) is 16.9. The lowest BCUT2D eigenvalue weighted by molar-refractivity contribution is -0.132. The number of aliphatic hydroxyl groups is 1. The van der Waals surface area contributed by atoms with Gasteiger partial charge in [-0.05, 0) is 69.4 Å². The molecule has 1 aliphatic carbocycles. The highest BCUT2D eigenvalue weighted by Crippen LogP contribution is 2.30. The summed E-state index contributed by atoms with van der Waals surface area (Å²) in [6.45, 7) is 11.7. The Hall–Kier alpha value is -2.80. The van der Waals surface area contributed by atoms with Crippen molar-refractivity contribution in [3.8, 4) is 0 Å². The van der Waals surface area contributed by atoms with E-state index in [1.807, 2.05) is 46.9 Å². The van der Waals surface area contributed by atoms with Crippen LogP contribution in [0.2, 0.25) is 0 Å². The van der Waals surface area contributed by atoms with Crippen LogP contribution in [0.5, 0.6) is 0 Å². The molecule has 0 bridgehead atoms. The Kier molecular flexibility index (Phi) is 17.5. The van der Waals surface area contributed by atoms with Crippen LogP contribution in [0.25, 0.3) is 0 Å². The average molecular weight is 667 g/mol. The number of aliphatic hydroxyl groups excluding tert-OH is 1. The summed E-state index contributed by atoms with van der Waals surface area (Å²) in [6, 6.07) is -0.266. The van der Waals surface area contributed by atoms with Gasteiger partial charge in [0.25, 0.3) is 0 Å². The highest BCUT2D eigenvalue weighted by molar-refractivity contribution is 7.98. The van der Waals surface area contributed by atoms with Crippen LogP contribution in [-0.4, -0.2) is 81.5 Å². The Bertz CT molecular complexity index is 1110. The van der Waals surface area contributed by atoms with Gasteiger partial charge >= 0.3 is 6.09 Å². The van der Waals surface area contributed by atoms with Gasteiger partial charge in [0, 0.05) is 18.2 Å². The van der Waals surface area contributed by atoms with Crippen LogP contribution in [0.4, 0.5) is 4.79 Å². The molecule has 1 aliphatic rings. The van der Waals surface area contributed by atoms with Gasteiger partial charge in [0.2, 0.25) is 17.7 Å². The minimum absolute atomic E-state index is 0.0799. The van der Waals surface area contributed by atoms with Gasteiger partial charge in [0.1, 0.15) is 12.1 Å². The molecule has 5 N–H and O–H groups in total. The summed E-state index contributed by atoms with van der Waals surface area (Å²) in [5.41, 5.74) is 1.66. The van der Waals surface area contributed by atoms with E-state index in [1.54, 1.807) is 23.4 Å². The van der Waals surface area contributed by atoms with Crippen molar-refractivity contribution in [1.82, 2.24) is 31.0 Å². The zero-order chi connectivity index (χ0) is 34.2. The Morgan fingerprint density at radius 1 is 1.07 bits per heavy atom. The zero-order valence-electron chi connectivity index (χ0n) is 28.9. The van der Waals surface area contributed by atoms with E-state index in [0.29, 0.717) is 31.1 Å². The number of ether oxygens (including phenoxy) is 1. The summed E-state index contributed by atoms with van der Waals surface area (Å²) in [7, 11) is 0. The standard InChI is InChI=1S/C33H58N6O6S/c1-8-9-15-34-32(43)29(21(2)3)37-30(41)22(4)17-28(40)27(19-25-12-10-11-13-25)35-31(42)26(14-16-46-7)36-33(44)45-20-39-24(6)18-23(5)38-39/h18,21-22,25-29,40H,8-17,19-20H2,1-7H3,(H,34,43)(H,35,42)(H,36,44)(H,37,41)/t22-,26+,27+,28+,29+/m1/s1. The monoisotopic (exact) mass is 666 g/mol. The molecular formula is C33H58N6O6S. The predicted octanol–water partition coefficient (Wildman–Crippen LogP) is 3.81. The molecule has 5 atom stereocenters. The van der Waals surface area contributed by atoms with Crippen molar-refractivity contribution in [2.75, 3.05) is 18.6 Å². The molecule has 46 heavy (non-hydrogen) atoms. The fraction of sp³-hybridized carbons (Fsp3) is 0.788. The van der Waals surface area contributed by atoms with Crippen molar-refractivity contribution in [3.63, 3.8) is 0 Å². The molecule has 1 aromatic heterocycles. The Labute approximate surface area is 279 Å². The number of carbonyl (C=O) groups is 4. The van der Waals surface area contributed by atoms with Gasteiger partial charge in [-0.15, -0.1) is 0 Å². The largest absolute Gasteiger partial charge is 0.426 e. The van der Waals surface area contributed by atoms with E-state index in [9.17, 15) is 24.3 Å². The minimum Gasteiger partial charge on any atom is -0.426 e. The molecule has 1 saturated carbocycles. The van der Waals surface area contributed by atoms with Gasteiger partial charge in [-0.3, -0.25) is 14.4 Å². The number of aryl methyl sites for hydroxylation is 2. The highest BCUT2D eigenvalue weighted by Gasteiger charge is 2.33. The molecule has 2 rings (SSSR count). The molecule has 0 aliphatic heterocycles. The first kappa shape index (κ1) is 39.4. The maximum absolute atomic E-state index is 13.6. The van der Waals surface area contributed by atoms with Gasteiger partial charge in [-0.2, -0.15) is 16.9 Å². The van der Waals surface area contributed by atoms with Crippen LogP contribution in [0.15, 0.2) is 6.07 Å². The Balaban J connectivity index is 2.07. The minimum atomic E-state index is -1.000. The summed E-state index contributed by atoms with van der Waals surface area (Å²) < 4.78 is 6.92. The number of carbonyl (C=O) groups excluding carboxylic acids is 4. The second-order valence-corrected chi connectivity index (χ2v) is 14.0. The van der Waals surface area contributed by atoms with E-state index in [2.05, 4.69) is 26.4 Å². The number of aromatic nitrogens is 2. The molecule has 12 nitrogen and oxygen atoms in total. The Morgan fingerprint density at radius 2 is 1.76 bits per heavy atom. The van der Waals surface area contributed by atoms with Crippen molar-refractivity contribution in [2.24, 2.45) is 17.8 Å². The number of alkyl carbamates (subject to hydrolysis) is 1. The zero-order valence-corrected chi connectivity index (χ0v) is 29.7. The molecule has 1 aromatic rings. The maximum atomic E-state index is 13.6. The van der Waals surface area contributed by atoms with E-state index in [1.165, 1.54) is 0 Å². The molecule has 0 unspecified atom stereocenters. The van der Waals surface area contributed by atoms with Crippen molar-refractivity contribution in [1.29, 1.82) is 0 Å². The van der Waals surface area contributed by atoms with Gasteiger partial charge in [0.05, 0.1) is 17.8 Å². The molecule has 1 fully saturated rings. The van der Waals surface area contributed by atoms with E-state index in [4.69, 9.17) is 4.74 Å². The average Bonchev–Trinajstić information content (AvgIpc) is 3.64. The number of unbranched alkanes of at least 4 members (excludes halogenated alkanes) is 1. The third kappa shape index (κ3) is 13.5. The number of thioether (sulfide) groups is 1. The first-order valence-corrected chi connectivity index (χ1v) is 18.2. The summed E-state index contributed by atoms with van der Waals surface area (Å²) >= 11 is 1.56. The van der Waals surface area contributed by atoms with Gasteiger partial charge < -0.3 is 31.1 Å². The topological polar surface area (TPSA) is 164 Å². The van der Waals surface area contributed by atoms with Crippen molar-refractivity contribution >= 4 is 35.6 Å². The normalized spacial score (nSPS) is 16.7. The number of rotatable bonds is 20. The molecule has 0 radical (unpaired) electrons. The van der Waals surface area contributed by atoms with Gasteiger partial charge in [-0.25, -0.2) is 9.48 Å². The third-order valence-corrected chi connectivity index (χ3v) is 9.26. The van der Waals surface area contributed by atoms with Crippen LogP contribution < -0.4 is 21.3 Å². The van der Waals surface area contributed by atoms with Crippen molar-refractivity contribution in [2.45, 2.75) is 130 Å². The van der Waals surface area contributed by atoms with Crippen molar-refractivity contribution < 1.29 is 29.0 Å². The highest BCUT2D eigenvalue weighted by atomic mass is 32.2. The summed E-state index contributed by atoms with van der Waals surface area (Å²) in [5.74, 6) is -0.664. The van der Waals surface area contributed by atoms with Crippen LogP contribution in [0.1, 0.15) is 96.9 Å². The lowest BCUT2D eigenvalue weighted by Gasteiger charge is -2.30. The van der Waals surface area contributed by atoms with E-state index < -0.39 is 42.1 Å². The maximum Gasteiger partial charge on any atom is 0.409 e. The van der Waals surface area contributed by atoms with Crippen LogP contribution in [-0.2, 0) is 25.9 Å². The van der Waals surface area contributed by atoms with Crippen LogP contribution in [0, 0.1) is 31.6 Å². The molecule has 0 spiro atoms. The number of amides is 4. The number of hydrogen-bond acceptors (Lipinski definition) is 8. The fourth-order valence-corrected chi connectivity index (χ4v) is 6.25. The van der Waals surface area contributed by atoms with Crippen molar-refractivity contribution in [3.05, 3.63) is 17.5 Å². The van der Waals surface area contributed by atoms with Gasteiger partial charge in [0.15, 0.2) is 6.73 Å². The summed E-state index contributed by atoms with van der Waals surface area (Å²) in [5, 5.41) is 27.2. The molecule has 0 aromatic carbocycles. The lowest BCUT2D eigenvalue weighted by Crippen LogP contribution is -2.54. The van der Waals surface area contributed by atoms with Crippen LogP contribution in [0.3, 0.4) is 0 Å². The fourth-order valence-electron chi connectivity index (χ4n) is 5.78. The molecular weight excluding hydrogens is 608 g/mol. The predicted molar refractivity (Wildman–Crippen MR) is 181 cm³/mol. The smallest absolute Gasteiger partial charge is 0.409 e. The van der Waals surface area contributed by atoms with E-state index >= 15 is 0 Å². The van der Waals surface area contributed by atoms with E-state index in [0.717, 1.165) is 49.9 Å². The second kappa shape index (κ2) is 20.4. The van der Waals surface area contributed by atoms with Crippen LogP contribution >= 0.6 is 11.8 Å². The number of nitrogens with one attached hydrogen (secondary N) is 4. The number of nitrogens with zero attached hydrogens (tertiary/aromatic N) is 2.